The molecule has 0 unspecified atom stereocenters. The van der Waals surface area contributed by atoms with E-state index in [-0.39, 0.29) is 60.7 Å². The Labute approximate surface area is 167 Å². The van der Waals surface area contributed by atoms with Crippen molar-refractivity contribution in [3.63, 3.8) is 0 Å². The Bertz CT molecular complexity index is 367. The van der Waals surface area contributed by atoms with Gasteiger partial charge < -0.3 is 30.4 Å². The van der Waals surface area contributed by atoms with Crippen molar-refractivity contribution in [1.29, 1.82) is 0 Å². The molecule has 0 aromatic carbocycles. The van der Waals surface area contributed by atoms with Crippen molar-refractivity contribution in [2.24, 2.45) is 23.3 Å². The molecule has 4 atom stereocenters. The minimum absolute atomic E-state index is 0. The van der Waals surface area contributed by atoms with Crippen LogP contribution in [0.1, 0.15) is 26.7 Å². The molecule has 0 aromatic rings. The maximum Gasteiger partial charge on any atom is 0.310 e. The average Bonchev–Trinajstić information content (AvgIpc) is 2.56. The van der Waals surface area contributed by atoms with Crippen molar-refractivity contribution < 1.29 is 28.5 Å². The topological polar surface area (TPSA) is 123 Å². The number of halogens is 2. The lowest BCUT2D eigenvalue weighted by atomic mass is 9.96. The molecule has 26 heavy (non-hydrogen) atoms. The van der Waals surface area contributed by atoms with E-state index in [2.05, 4.69) is 0 Å². The quantitative estimate of drug-likeness (QED) is 0.638. The minimum atomic E-state index is -0.196. The lowest BCUT2D eigenvalue weighted by Crippen LogP contribution is -2.44. The van der Waals surface area contributed by atoms with E-state index in [1.807, 2.05) is 0 Å². The summed E-state index contributed by atoms with van der Waals surface area (Å²) in [5, 5.41) is 0. The predicted octanol–water partition coefficient (Wildman–Crippen LogP) is 0.670. The molecule has 2 heterocycles. The molecule has 2 aliphatic rings. The summed E-state index contributed by atoms with van der Waals surface area (Å²) in [7, 11) is 0. The summed E-state index contributed by atoms with van der Waals surface area (Å²) < 4.78 is 20.0. The van der Waals surface area contributed by atoms with E-state index >= 15 is 0 Å². The van der Waals surface area contributed by atoms with E-state index in [1.165, 1.54) is 0 Å². The predicted molar refractivity (Wildman–Crippen MR) is 102 cm³/mol. The van der Waals surface area contributed by atoms with Crippen molar-refractivity contribution >= 4 is 36.8 Å². The fourth-order valence-electron chi connectivity index (χ4n) is 2.60. The lowest BCUT2D eigenvalue weighted by molar-refractivity contribution is -0.152. The van der Waals surface area contributed by atoms with Gasteiger partial charge in [-0.3, -0.25) is 9.59 Å². The molecule has 156 valence electrons. The molecule has 2 aliphatic heterocycles. The average molecular weight is 419 g/mol. The largest absolute Gasteiger partial charge is 0.466 e. The lowest BCUT2D eigenvalue weighted by Gasteiger charge is -2.26. The number of esters is 2. The van der Waals surface area contributed by atoms with Crippen LogP contribution in [0.5, 0.6) is 0 Å². The molecule has 10 heteroatoms. The molecule has 0 bridgehead atoms. The van der Waals surface area contributed by atoms with E-state index in [4.69, 9.17) is 30.4 Å². The molecular formula is C16H32Cl2N2O6. The van der Waals surface area contributed by atoms with Crippen molar-refractivity contribution in [3.05, 3.63) is 0 Å². The summed E-state index contributed by atoms with van der Waals surface area (Å²) in [6.45, 7) is 6.57. The maximum absolute atomic E-state index is 11.3. The number of nitrogens with two attached hydrogens (primary N) is 2. The smallest absolute Gasteiger partial charge is 0.310 e. The number of hydrogen-bond acceptors (Lipinski definition) is 8. The van der Waals surface area contributed by atoms with Crippen LogP contribution in [0, 0.1) is 11.8 Å². The van der Waals surface area contributed by atoms with Gasteiger partial charge in [0.05, 0.1) is 38.3 Å². The second-order valence-electron chi connectivity index (χ2n) is 5.77. The van der Waals surface area contributed by atoms with Crippen LogP contribution in [-0.4, -0.2) is 63.7 Å². The van der Waals surface area contributed by atoms with Crippen LogP contribution in [0.15, 0.2) is 0 Å². The van der Waals surface area contributed by atoms with Crippen LogP contribution in [0.4, 0.5) is 0 Å². The summed E-state index contributed by atoms with van der Waals surface area (Å²) in [5.74, 6) is -0.709. The van der Waals surface area contributed by atoms with E-state index < -0.39 is 0 Å². The fraction of sp³-hybridized carbons (Fsp3) is 0.875. The molecular weight excluding hydrogens is 387 g/mol. The third-order valence-corrected chi connectivity index (χ3v) is 3.98. The molecule has 2 saturated heterocycles. The SMILES string of the molecule is CCOC(=O)[C@@H]1CCOC[C@@H]1N.CCOC(=O)[C@H]1CCOC[C@H]1N.Cl.Cl. The van der Waals surface area contributed by atoms with Gasteiger partial charge in [-0.05, 0) is 26.7 Å². The van der Waals surface area contributed by atoms with Gasteiger partial charge in [0.25, 0.3) is 0 Å². The van der Waals surface area contributed by atoms with Crippen LogP contribution in [0.3, 0.4) is 0 Å². The Balaban J connectivity index is 0. The fourth-order valence-corrected chi connectivity index (χ4v) is 2.60. The molecule has 2 rings (SSSR count). The van der Waals surface area contributed by atoms with Gasteiger partial charge in [-0.2, -0.15) is 0 Å². The molecule has 2 fully saturated rings. The third kappa shape index (κ3) is 9.34. The monoisotopic (exact) mass is 418 g/mol. The van der Waals surface area contributed by atoms with Gasteiger partial charge in [0.1, 0.15) is 0 Å². The van der Waals surface area contributed by atoms with Crippen molar-refractivity contribution in [2.75, 3.05) is 39.6 Å². The summed E-state index contributed by atoms with van der Waals surface area (Å²) in [6.07, 6.45) is 1.36. The van der Waals surface area contributed by atoms with Gasteiger partial charge in [0.2, 0.25) is 0 Å². The van der Waals surface area contributed by atoms with Gasteiger partial charge in [-0.15, -0.1) is 24.8 Å². The van der Waals surface area contributed by atoms with Gasteiger partial charge in [-0.1, -0.05) is 0 Å². The normalized spacial score (nSPS) is 27.5. The van der Waals surface area contributed by atoms with Gasteiger partial charge in [0, 0.05) is 25.3 Å². The Kier molecular flexibility index (Phi) is 16.4. The Morgan fingerprint density at radius 3 is 1.46 bits per heavy atom. The highest BCUT2D eigenvalue weighted by Gasteiger charge is 2.30. The molecule has 8 nitrogen and oxygen atoms in total. The third-order valence-electron chi connectivity index (χ3n) is 3.98. The van der Waals surface area contributed by atoms with Gasteiger partial charge >= 0.3 is 11.9 Å². The van der Waals surface area contributed by atoms with E-state index in [1.54, 1.807) is 13.8 Å². The first-order chi connectivity index (χ1) is 11.5. The molecule has 4 N–H and O–H groups in total. The zero-order valence-electron chi connectivity index (χ0n) is 15.4. The number of ether oxygens (including phenoxy) is 4. The molecule has 0 radical (unpaired) electrons. The second-order valence-corrected chi connectivity index (χ2v) is 5.77. The number of rotatable bonds is 4. The molecule has 0 saturated carbocycles. The van der Waals surface area contributed by atoms with Crippen LogP contribution in [0.2, 0.25) is 0 Å². The van der Waals surface area contributed by atoms with Crippen LogP contribution < -0.4 is 11.5 Å². The zero-order valence-corrected chi connectivity index (χ0v) is 17.0. The zero-order chi connectivity index (χ0) is 17.9. The van der Waals surface area contributed by atoms with Gasteiger partial charge in [0.15, 0.2) is 0 Å². The first-order valence-corrected chi connectivity index (χ1v) is 8.51. The number of hydrogen-bond donors (Lipinski definition) is 2. The van der Waals surface area contributed by atoms with Crippen LogP contribution >= 0.6 is 24.8 Å². The maximum atomic E-state index is 11.3. The highest BCUT2D eigenvalue weighted by Crippen LogP contribution is 2.16. The standard InChI is InChI=1S/2C8H15NO3.2ClH/c2*1-2-12-8(10)6-3-4-11-5-7(6)9;;/h2*6-7H,2-5,9H2,1H3;2*1H/t2*6-,7+;;/m10../s1. The molecule has 0 amide bonds. The number of carbonyl (C=O) groups excluding carboxylic acids is 2. The molecule has 0 aromatic heterocycles. The summed E-state index contributed by atoms with van der Waals surface area (Å²) in [5.41, 5.74) is 11.4. The van der Waals surface area contributed by atoms with E-state index in [0.29, 0.717) is 52.5 Å². The summed E-state index contributed by atoms with van der Waals surface area (Å²) in [6, 6.07) is -0.393. The second kappa shape index (κ2) is 15.4. The first kappa shape index (κ1) is 27.6. The van der Waals surface area contributed by atoms with Gasteiger partial charge in [-0.25, -0.2) is 0 Å². The van der Waals surface area contributed by atoms with E-state index in [9.17, 15) is 9.59 Å². The Hall–Kier alpha value is -0.640. The van der Waals surface area contributed by atoms with Crippen LogP contribution in [0.25, 0.3) is 0 Å². The highest BCUT2D eigenvalue weighted by molar-refractivity contribution is 5.85. The summed E-state index contributed by atoms with van der Waals surface area (Å²) >= 11 is 0. The minimum Gasteiger partial charge on any atom is -0.466 e. The van der Waals surface area contributed by atoms with Crippen molar-refractivity contribution in [2.45, 2.75) is 38.8 Å². The van der Waals surface area contributed by atoms with Crippen molar-refractivity contribution in [1.82, 2.24) is 0 Å². The Morgan fingerprint density at radius 1 is 0.846 bits per heavy atom. The van der Waals surface area contributed by atoms with Crippen molar-refractivity contribution in [3.8, 4) is 0 Å². The summed E-state index contributed by atoms with van der Waals surface area (Å²) in [4.78, 5) is 22.5. The van der Waals surface area contributed by atoms with E-state index in [0.717, 1.165) is 0 Å². The molecule has 0 spiro atoms. The van der Waals surface area contributed by atoms with Crippen LogP contribution in [-0.2, 0) is 28.5 Å². The highest BCUT2D eigenvalue weighted by atomic mass is 35.5. The number of carbonyl (C=O) groups is 2. The Morgan fingerprint density at radius 2 is 1.19 bits per heavy atom. The first-order valence-electron chi connectivity index (χ1n) is 8.51. The molecule has 0 aliphatic carbocycles.